The van der Waals surface area contributed by atoms with Gasteiger partial charge in [-0.2, -0.15) is 0 Å². The Hall–Kier alpha value is -1.29. The van der Waals surface area contributed by atoms with Crippen molar-refractivity contribution in [2.45, 2.75) is 19.3 Å². The Morgan fingerprint density at radius 3 is 2.81 bits per heavy atom. The lowest BCUT2D eigenvalue weighted by atomic mass is 10.1. The first kappa shape index (κ1) is 12.8. The molecular weight excluding hydrogens is 235 g/mol. The highest BCUT2D eigenvalue weighted by atomic mass is 35.5. The quantitative estimate of drug-likeness (QED) is 0.869. The Balaban J connectivity index is 2.84. The van der Waals surface area contributed by atoms with Crippen molar-refractivity contribution in [2.24, 2.45) is 0 Å². The van der Waals surface area contributed by atoms with E-state index in [0.29, 0.717) is 23.4 Å². The van der Waals surface area contributed by atoms with E-state index in [4.69, 9.17) is 21.4 Å². The lowest BCUT2D eigenvalue weighted by molar-refractivity contribution is -0.137. The van der Waals surface area contributed by atoms with Gasteiger partial charge in [0.25, 0.3) is 0 Å². The summed E-state index contributed by atoms with van der Waals surface area (Å²) in [6.07, 6.45) is 0.639. The van der Waals surface area contributed by atoms with Gasteiger partial charge in [0.1, 0.15) is 11.6 Å². The Bertz CT molecular complexity index is 393. The van der Waals surface area contributed by atoms with Crippen molar-refractivity contribution < 1.29 is 19.0 Å². The van der Waals surface area contributed by atoms with Gasteiger partial charge in [0.05, 0.1) is 12.1 Å². The standard InChI is InChI=1S/C11H12ClFO3/c1-16-11-7(3-2-4-10(14)15)9(13)6-5-8(11)12/h5-6H,2-4H2,1H3,(H,14,15). The second kappa shape index (κ2) is 5.70. The molecule has 0 amide bonds. The summed E-state index contributed by atoms with van der Waals surface area (Å²) in [4.78, 5) is 10.3. The number of halogens is 2. The summed E-state index contributed by atoms with van der Waals surface area (Å²) in [7, 11) is 1.40. The number of ether oxygens (including phenoxy) is 1. The van der Waals surface area contributed by atoms with Gasteiger partial charge in [0.15, 0.2) is 0 Å². The molecule has 0 fully saturated rings. The zero-order valence-electron chi connectivity index (χ0n) is 8.80. The van der Waals surface area contributed by atoms with Crippen LogP contribution in [0.4, 0.5) is 4.39 Å². The van der Waals surface area contributed by atoms with E-state index in [1.807, 2.05) is 0 Å². The molecule has 0 aromatic heterocycles. The fraction of sp³-hybridized carbons (Fsp3) is 0.364. The van der Waals surface area contributed by atoms with E-state index < -0.39 is 11.8 Å². The number of hydrogen-bond acceptors (Lipinski definition) is 2. The molecule has 0 spiro atoms. The first-order valence-electron chi connectivity index (χ1n) is 4.79. The van der Waals surface area contributed by atoms with Crippen LogP contribution in [0, 0.1) is 5.82 Å². The molecule has 0 saturated carbocycles. The number of carboxylic acid groups (broad SMARTS) is 1. The van der Waals surface area contributed by atoms with Gasteiger partial charge in [0.2, 0.25) is 0 Å². The van der Waals surface area contributed by atoms with Crippen LogP contribution in [0.3, 0.4) is 0 Å². The van der Waals surface area contributed by atoms with E-state index in [0.717, 1.165) is 0 Å². The van der Waals surface area contributed by atoms with Crippen LogP contribution in [0.25, 0.3) is 0 Å². The van der Waals surface area contributed by atoms with Gasteiger partial charge in [-0.05, 0) is 25.0 Å². The normalized spacial score (nSPS) is 10.2. The summed E-state index contributed by atoms with van der Waals surface area (Å²) in [6.45, 7) is 0. The van der Waals surface area contributed by atoms with Crippen LogP contribution >= 0.6 is 11.6 Å². The molecule has 0 aliphatic carbocycles. The van der Waals surface area contributed by atoms with Crippen molar-refractivity contribution in [3.8, 4) is 5.75 Å². The average Bonchev–Trinajstić information content (AvgIpc) is 2.23. The van der Waals surface area contributed by atoms with Crippen molar-refractivity contribution in [3.05, 3.63) is 28.5 Å². The van der Waals surface area contributed by atoms with Crippen LogP contribution in [0.15, 0.2) is 12.1 Å². The van der Waals surface area contributed by atoms with Gasteiger partial charge in [-0.15, -0.1) is 0 Å². The van der Waals surface area contributed by atoms with Crippen LogP contribution in [0.1, 0.15) is 18.4 Å². The Morgan fingerprint density at radius 1 is 1.56 bits per heavy atom. The zero-order valence-corrected chi connectivity index (χ0v) is 9.55. The molecule has 0 bridgehead atoms. The summed E-state index contributed by atoms with van der Waals surface area (Å²) in [6, 6.07) is 2.66. The first-order chi connectivity index (χ1) is 7.56. The van der Waals surface area contributed by atoms with E-state index in [2.05, 4.69) is 0 Å². The molecule has 5 heteroatoms. The summed E-state index contributed by atoms with van der Waals surface area (Å²) in [5.74, 6) is -1.04. The predicted octanol–water partition coefficient (Wildman–Crippen LogP) is 2.90. The predicted molar refractivity (Wildman–Crippen MR) is 58.5 cm³/mol. The number of rotatable bonds is 5. The molecule has 16 heavy (non-hydrogen) atoms. The minimum Gasteiger partial charge on any atom is -0.495 e. The second-order valence-corrected chi connectivity index (χ2v) is 3.70. The molecule has 0 aliphatic heterocycles. The maximum Gasteiger partial charge on any atom is 0.303 e. The average molecular weight is 247 g/mol. The highest BCUT2D eigenvalue weighted by Crippen LogP contribution is 2.31. The van der Waals surface area contributed by atoms with E-state index in [1.165, 1.54) is 19.2 Å². The van der Waals surface area contributed by atoms with Crippen LogP contribution in [-0.2, 0) is 11.2 Å². The fourth-order valence-corrected chi connectivity index (χ4v) is 1.70. The number of carbonyl (C=O) groups is 1. The molecule has 1 N–H and O–H groups in total. The lowest BCUT2D eigenvalue weighted by Gasteiger charge is -2.10. The van der Waals surface area contributed by atoms with E-state index in [1.54, 1.807) is 0 Å². The number of benzene rings is 1. The van der Waals surface area contributed by atoms with Gasteiger partial charge in [-0.3, -0.25) is 4.79 Å². The van der Waals surface area contributed by atoms with Gasteiger partial charge < -0.3 is 9.84 Å². The monoisotopic (exact) mass is 246 g/mol. The molecule has 0 aliphatic rings. The third kappa shape index (κ3) is 3.10. The zero-order chi connectivity index (χ0) is 12.1. The molecule has 0 atom stereocenters. The van der Waals surface area contributed by atoms with Crippen LogP contribution in [0.5, 0.6) is 5.75 Å². The maximum absolute atomic E-state index is 13.5. The van der Waals surface area contributed by atoms with E-state index in [9.17, 15) is 9.18 Å². The minimum absolute atomic E-state index is 0.00485. The third-order valence-corrected chi connectivity index (χ3v) is 2.47. The van der Waals surface area contributed by atoms with Crippen LogP contribution in [-0.4, -0.2) is 18.2 Å². The molecule has 0 unspecified atom stereocenters. The molecule has 0 saturated heterocycles. The smallest absolute Gasteiger partial charge is 0.303 e. The molecule has 1 aromatic carbocycles. The third-order valence-electron chi connectivity index (χ3n) is 2.18. The van der Waals surface area contributed by atoms with Crippen LogP contribution in [0.2, 0.25) is 5.02 Å². The summed E-state index contributed by atoms with van der Waals surface area (Å²) in [5, 5.41) is 8.82. The number of methoxy groups -OCH3 is 1. The Morgan fingerprint density at radius 2 is 2.25 bits per heavy atom. The molecule has 3 nitrogen and oxygen atoms in total. The van der Waals surface area contributed by atoms with Gasteiger partial charge in [-0.25, -0.2) is 4.39 Å². The largest absolute Gasteiger partial charge is 0.495 e. The first-order valence-corrected chi connectivity index (χ1v) is 5.16. The summed E-state index contributed by atoms with van der Waals surface area (Å²) < 4.78 is 18.5. The Kier molecular flexibility index (Phi) is 4.55. The maximum atomic E-state index is 13.5. The van der Waals surface area contributed by atoms with Crippen molar-refractivity contribution in [1.82, 2.24) is 0 Å². The fourth-order valence-electron chi connectivity index (χ4n) is 1.45. The van der Waals surface area contributed by atoms with Gasteiger partial charge in [-0.1, -0.05) is 11.6 Å². The van der Waals surface area contributed by atoms with Crippen molar-refractivity contribution in [1.29, 1.82) is 0 Å². The molecule has 1 aromatic rings. The van der Waals surface area contributed by atoms with Crippen molar-refractivity contribution >= 4 is 17.6 Å². The summed E-state index contributed by atoms with van der Waals surface area (Å²) in [5.41, 5.74) is 0.330. The molecule has 88 valence electrons. The van der Waals surface area contributed by atoms with Gasteiger partial charge >= 0.3 is 5.97 Å². The minimum atomic E-state index is -0.901. The number of carboxylic acids is 1. The highest BCUT2D eigenvalue weighted by molar-refractivity contribution is 6.32. The number of aliphatic carboxylic acids is 1. The Labute approximate surface area is 97.8 Å². The van der Waals surface area contributed by atoms with Crippen molar-refractivity contribution in [3.63, 3.8) is 0 Å². The summed E-state index contributed by atoms with van der Waals surface area (Å²) >= 11 is 5.83. The lowest BCUT2D eigenvalue weighted by Crippen LogP contribution is -2.00. The van der Waals surface area contributed by atoms with E-state index in [-0.39, 0.29) is 12.2 Å². The molecule has 0 heterocycles. The topological polar surface area (TPSA) is 46.5 Å². The van der Waals surface area contributed by atoms with Gasteiger partial charge in [0, 0.05) is 12.0 Å². The second-order valence-electron chi connectivity index (χ2n) is 3.29. The van der Waals surface area contributed by atoms with E-state index >= 15 is 0 Å². The van der Waals surface area contributed by atoms with Crippen molar-refractivity contribution in [2.75, 3.05) is 7.11 Å². The number of hydrogen-bond donors (Lipinski definition) is 1. The molecular formula is C11H12ClFO3. The SMILES string of the molecule is COc1c(Cl)ccc(F)c1CCCC(=O)O. The molecule has 0 radical (unpaired) electrons. The highest BCUT2D eigenvalue weighted by Gasteiger charge is 2.13. The molecule has 1 rings (SSSR count). The van der Waals surface area contributed by atoms with Crippen LogP contribution < -0.4 is 4.74 Å².